The molecular weight excluding hydrogens is 359 g/mol. The van der Waals surface area contributed by atoms with Crippen LogP contribution in [0, 0.1) is 5.41 Å². The summed E-state index contributed by atoms with van der Waals surface area (Å²) in [5.41, 5.74) is 0.517. The van der Waals surface area contributed by atoms with Gasteiger partial charge < -0.3 is 10.6 Å². The van der Waals surface area contributed by atoms with Gasteiger partial charge in [-0.25, -0.2) is 0 Å². The molecule has 0 saturated carbocycles. The molecule has 8 heteroatoms. The molecule has 1 heterocycles. The van der Waals surface area contributed by atoms with Crippen molar-refractivity contribution in [2.75, 3.05) is 0 Å². The highest BCUT2D eigenvalue weighted by Crippen LogP contribution is 2.33. The Hall–Kier alpha value is -2.09. The van der Waals surface area contributed by atoms with E-state index in [1.807, 2.05) is 20.8 Å². The van der Waals surface area contributed by atoms with Gasteiger partial charge in [-0.15, -0.1) is 0 Å². The molecule has 150 valence electrons. The Labute approximate surface area is 157 Å². The van der Waals surface area contributed by atoms with Crippen LogP contribution in [0.3, 0.4) is 0 Å². The first kappa shape index (κ1) is 21.2. The predicted octanol–water partition coefficient (Wildman–Crippen LogP) is 2.82. The van der Waals surface area contributed by atoms with Crippen LogP contribution in [0.2, 0.25) is 0 Å². The highest BCUT2D eigenvalue weighted by Gasteiger charge is 2.34. The van der Waals surface area contributed by atoms with E-state index < -0.39 is 24.7 Å². The van der Waals surface area contributed by atoms with E-state index in [9.17, 15) is 22.8 Å². The fraction of sp³-hybridized carbons (Fsp3) is 0.579. The van der Waals surface area contributed by atoms with E-state index in [0.29, 0.717) is 0 Å². The van der Waals surface area contributed by atoms with Gasteiger partial charge in [0.1, 0.15) is 0 Å². The van der Waals surface area contributed by atoms with Crippen LogP contribution in [-0.4, -0.2) is 30.2 Å². The molecule has 2 unspecified atom stereocenters. The van der Waals surface area contributed by atoms with Crippen LogP contribution >= 0.6 is 0 Å². The van der Waals surface area contributed by atoms with Crippen LogP contribution in [0.1, 0.15) is 51.3 Å². The van der Waals surface area contributed by atoms with E-state index in [-0.39, 0.29) is 35.4 Å². The van der Waals surface area contributed by atoms with E-state index in [1.165, 1.54) is 12.1 Å². The highest BCUT2D eigenvalue weighted by molar-refractivity contribution is 5.89. The van der Waals surface area contributed by atoms with Crippen molar-refractivity contribution in [2.45, 2.75) is 65.0 Å². The lowest BCUT2D eigenvalue weighted by Gasteiger charge is -2.35. The number of benzene rings is 1. The van der Waals surface area contributed by atoms with Crippen molar-refractivity contribution in [1.29, 1.82) is 0 Å². The zero-order valence-electron chi connectivity index (χ0n) is 15.9. The number of amides is 2. The zero-order chi connectivity index (χ0) is 20.4. The first-order valence-electron chi connectivity index (χ1n) is 8.86. The minimum atomic E-state index is -4.26. The molecule has 1 fully saturated rings. The van der Waals surface area contributed by atoms with Crippen molar-refractivity contribution < 1.29 is 22.8 Å². The molecule has 1 saturated heterocycles. The summed E-state index contributed by atoms with van der Waals surface area (Å²) < 4.78 is 37.6. The van der Waals surface area contributed by atoms with Gasteiger partial charge in [-0.05, 0) is 23.5 Å². The van der Waals surface area contributed by atoms with Crippen molar-refractivity contribution in [3.05, 3.63) is 35.4 Å². The molecule has 0 bridgehead atoms. The van der Waals surface area contributed by atoms with Crippen LogP contribution in [0.4, 0.5) is 13.2 Å². The van der Waals surface area contributed by atoms with Gasteiger partial charge in [0.15, 0.2) is 0 Å². The second-order valence-corrected chi connectivity index (χ2v) is 8.05. The second kappa shape index (κ2) is 7.88. The first-order chi connectivity index (χ1) is 12.3. The Morgan fingerprint density at radius 1 is 1.22 bits per heavy atom. The maximum atomic E-state index is 12.7. The minimum Gasteiger partial charge on any atom is -0.347 e. The topological polar surface area (TPSA) is 70.2 Å². The molecule has 1 aromatic carbocycles. The fourth-order valence-electron chi connectivity index (χ4n) is 3.16. The van der Waals surface area contributed by atoms with Crippen molar-refractivity contribution in [3.8, 4) is 0 Å². The minimum absolute atomic E-state index is 0.0392. The fourth-order valence-corrected chi connectivity index (χ4v) is 3.16. The Bertz CT molecular complexity index is 681. The van der Waals surface area contributed by atoms with E-state index >= 15 is 0 Å². The molecule has 0 aromatic heterocycles. The number of carbonyl (C=O) groups excluding carboxylic acids is 2. The van der Waals surface area contributed by atoms with Gasteiger partial charge in [-0.3, -0.25) is 14.9 Å². The van der Waals surface area contributed by atoms with Crippen LogP contribution < -0.4 is 16.0 Å². The van der Waals surface area contributed by atoms with E-state index in [4.69, 9.17) is 0 Å². The predicted molar refractivity (Wildman–Crippen MR) is 95.7 cm³/mol. The zero-order valence-corrected chi connectivity index (χ0v) is 15.9. The quantitative estimate of drug-likeness (QED) is 0.747. The molecule has 3 N–H and O–H groups in total. The number of hydrogen-bond donors (Lipinski definition) is 3. The molecule has 2 amide bonds. The van der Waals surface area contributed by atoms with Crippen molar-refractivity contribution in [2.24, 2.45) is 5.41 Å². The van der Waals surface area contributed by atoms with Gasteiger partial charge in [0.2, 0.25) is 11.8 Å². The van der Waals surface area contributed by atoms with Crippen molar-refractivity contribution >= 4 is 11.8 Å². The normalized spacial score (nSPS) is 22.1. The first-order valence-corrected chi connectivity index (χ1v) is 8.86. The monoisotopic (exact) mass is 385 g/mol. The summed E-state index contributed by atoms with van der Waals surface area (Å²) in [5, 5.41) is 8.65. The molecule has 2 rings (SSSR count). The summed E-state index contributed by atoms with van der Waals surface area (Å²) in [6.07, 6.45) is -5.52. The molecular formula is C19H26F3N3O2. The van der Waals surface area contributed by atoms with Gasteiger partial charge in [0.05, 0.1) is 31.1 Å². The molecule has 0 aliphatic carbocycles. The number of nitrogens with one attached hydrogen (secondary N) is 3. The SMILES string of the molecule is CC1NC(=O)CC(C(=O)N[C@@H](c2ccc(CC(F)(F)F)cc2)C(C)(C)C)N1. The summed E-state index contributed by atoms with van der Waals surface area (Å²) in [6, 6.07) is 5.03. The molecule has 1 aromatic rings. The van der Waals surface area contributed by atoms with E-state index in [2.05, 4.69) is 16.0 Å². The lowest BCUT2D eigenvalue weighted by atomic mass is 9.81. The van der Waals surface area contributed by atoms with Crippen LogP contribution in [0.25, 0.3) is 0 Å². The van der Waals surface area contributed by atoms with Gasteiger partial charge in [-0.1, -0.05) is 45.0 Å². The summed E-state index contributed by atoms with van der Waals surface area (Å²) in [7, 11) is 0. The molecule has 1 aliphatic rings. The summed E-state index contributed by atoms with van der Waals surface area (Å²) in [6.45, 7) is 7.56. The summed E-state index contributed by atoms with van der Waals surface area (Å²) >= 11 is 0. The van der Waals surface area contributed by atoms with E-state index in [0.717, 1.165) is 5.56 Å². The Kier molecular flexibility index (Phi) is 6.19. The van der Waals surface area contributed by atoms with Gasteiger partial charge in [0.25, 0.3) is 0 Å². The average molecular weight is 385 g/mol. The second-order valence-electron chi connectivity index (χ2n) is 8.05. The average Bonchev–Trinajstić information content (AvgIpc) is 2.50. The van der Waals surface area contributed by atoms with E-state index in [1.54, 1.807) is 19.1 Å². The maximum absolute atomic E-state index is 12.7. The third kappa shape index (κ3) is 6.23. The molecule has 27 heavy (non-hydrogen) atoms. The highest BCUT2D eigenvalue weighted by atomic mass is 19.4. The standard InChI is InChI=1S/C19H26F3N3O2/c1-11-23-14(9-15(26)24-11)17(27)25-16(18(2,3)4)13-7-5-12(6-8-13)10-19(20,21)22/h5-8,11,14,16,23H,9-10H2,1-4H3,(H,24,26)(H,25,27)/t11?,14?,16-/m0/s1. The van der Waals surface area contributed by atoms with Crippen molar-refractivity contribution in [1.82, 2.24) is 16.0 Å². The molecule has 3 atom stereocenters. The van der Waals surface area contributed by atoms with Crippen LogP contribution in [-0.2, 0) is 16.0 Å². The molecule has 0 spiro atoms. The number of hydrogen-bond acceptors (Lipinski definition) is 3. The maximum Gasteiger partial charge on any atom is 0.393 e. The lowest BCUT2D eigenvalue weighted by molar-refractivity contribution is -0.132. The number of rotatable bonds is 4. The Balaban J connectivity index is 2.16. The largest absolute Gasteiger partial charge is 0.393 e. The Morgan fingerprint density at radius 3 is 2.30 bits per heavy atom. The lowest BCUT2D eigenvalue weighted by Crippen LogP contribution is -2.60. The third-order valence-corrected chi connectivity index (χ3v) is 4.40. The number of carbonyl (C=O) groups is 2. The Morgan fingerprint density at radius 2 is 1.81 bits per heavy atom. The summed E-state index contributed by atoms with van der Waals surface area (Å²) in [5.74, 6) is -0.513. The van der Waals surface area contributed by atoms with Crippen LogP contribution in [0.15, 0.2) is 24.3 Å². The smallest absolute Gasteiger partial charge is 0.347 e. The number of alkyl halides is 3. The molecule has 5 nitrogen and oxygen atoms in total. The van der Waals surface area contributed by atoms with Crippen molar-refractivity contribution in [3.63, 3.8) is 0 Å². The summed E-state index contributed by atoms with van der Waals surface area (Å²) in [4.78, 5) is 24.3. The van der Waals surface area contributed by atoms with Gasteiger partial charge in [0, 0.05) is 0 Å². The third-order valence-electron chi connectivity index (χ3n) is 4.40. The van der Waals surface area contributed by atoms with Gasteiger partial charge in [-0.2, -0.15) is 13.2 Å². The molecule has 1 aliphatic heterocycles. The molecule has 0 radical (unpaired) electrons. The number of halogens is 3. The van der Waals surface area contributed by atoms with Crippen LogP contribution in [0.5, 0.6) is 0 Å². The van der Waals surface area contributed by atoms with Gasteiger partial charge >= 0.3 is 6.18 Å².